The van der Waals surface area contributed by atoms with Crippen LogP contribution in [0.25, 0.3) is 0 Å². The Morgan fingerprint density at radius 1 is 0.774 bits per heavy atom. The first-order valence-electron chi connectivity index (χ1n) is 13.6. The van der Waals surface area contributed by atoms with Gasteiger partial charge in [0.15, 0.2) is 0 Å². The molecule has 0 spiro atoms. The van der Waals surface area contributed by atoms with E-state index in [1.54, 1.807) is 0 Å². The summed E-state index contributed by atoms with van der Waals surface area (Å²) < 4.78 is 0. The molecule has 0 aromatic heterocycles. The predicted molar refractivity (Wildman–Crippen MR) is 150 cm³/mol. The van der Waals surface area contributed by atoms with Gasteiger partial charge in [-0.2, -0.15) is 0 Å². The van der Waals surface area contributed by atoms with Gasteiger partial charge < -0.3 is 10.6 Å². The fourth-order valence-corrected chi connectivity index (χ4v) is 6.84. The normalized spacial score (nSPS) is 14.6. The van der Waals surface area contributed by atoms with Gasteiger partial charge in [0.05, 0.1) is 0 Å². The Hall–Kier alpha value is -0.0400. The molecule has 2 unspecified atom stereocenters. The van der Waals surface area contributed by atoms with Crippen LogP contribution in [-0.4, -0.2) is 56.4 Å². The zero-order valence-corrected chi connectivity index (χ0v) is 23.0. The van der Waals surface area contributed by atoms with E-state index in [0.717, 1.165) is 19.3 Å². The van der Waals surface area contributed by atoms with Gasteiger partial charge in [-0.15, -0.1) is 13.2 Å². The molecule has 0 aliphatic heterocycles. The summed E-state index contributed by atoms with van der Waals surface area (Å²) in [5.74, 6) is 0. The average Bonchev–Trinajstić information content (AvgIpc) is 2.74. The van der Waals surface area contributed by atoms with Crippen molar-refractivity contribution in [3.63, 3.8) is 0 Å². The fraction of sp³-hybridized carbons (Fsp3) is 0.893. The standard InChI is InChI=1S/C28H59N2P/c1-7-9-10-11-12-13-14-15-16-17-18-20-27(3)21-22-28(29)23-26-31(6,8-2)25-19-24-30(4)5/h28H,3,6-26,29H2,1-2,4-5H3. The molecule has 0 aliphatic rings. The lowest BCUT2D eigenvalue weighted by molar-refractivity contribution is 0.409. The summed E-state index contributed by atoms with van der Waals surface area (Å²) in [4.78, 5) is 2.28. The number of nitrogens with zero attached hydrogens (tertiary/aromatic N) is 1. The molecular weight excluding hydrogens is 395 g/mol. The molecule has 0 radical (unpaired) electrons. The SMILES string of the molecule is C=C(CCCCCCCCCCCCC)CCC(N)CCP(=C)(CC)CCCN(C)C. The Bertz CT molecular complexity index is 458. The van der Waals surface area contributed by atoms with Crippen LogP contribution in [0.15, 0.2) is 12.2 Å². The molecule has 0 aromatic rings. The summed E-state index contributed by atoms with van der Waals surface area (Å²) >= 11 is 0. The van der Waals surface area contributed by atoms with Gasteiger partial charge in [0.2, 0.25) is 0 Å². The molecule has 0 saturated heterocycles. The van der Waals surface area contributed by atoms with Gasteiger partial charge in [0.25, 0.3) is 0 Å². The van der Waals surface area contributed by atoms with E-state index in [2.05, 4.69) is 45.7 Å². The molecule has 0 fully saturated rings. The number of hydrogen-bond donors (Lipinski definition) is 1. The first kappa shape index (κ1) is 31.0. The van der Waals surface area contributed by atoms with E-state index in [-0.39, 0.29) is 0 Å². The minimum Gasteiger partial charge on any atom is -0.328 e. The number of hydrogen-bond acceptors (Lipinski definition) is 2. The van der Waals surface area contributed by atoms with Crippen LogP contribution in [0.5, 0.6) is 0 Å². The lowest BCUT2D eigenvalue weighted by Crippen LogP contribution is -2.22. The molecule has 3 heteroatoms. The summed E-state index contributed by atoms with van der Waals surface area (Å²) in [7, 11) is 4.32. The fourth-order valence-electron chi connectivity index (χ4n) is 4.29. The Kier molecular flexibility index (Phi) is 20.5. The molecule has 0 amide bonds. The molecule has 0 rings (SSSR count). The smallest absolute Gasteiger partial charge is 0.00452 e. The van der Waals surface area contributed by atoms with E-state index in [1.165, 1.54) is 114 Å². The number of nitrogens with two attached hydrogens (primary N) is 1. The maximum atomic E-state index is 6.46. The quantitative estimate of drug-likeness (QED) is 0.0958. The van der Waals surface area contributed by atoms with Crippen LogP contribution in [0.1, 0.15) is 117 Å². The van der Waals surface area contributed by atoms with Crippen molar-refractivity contribution in [2.45, 2.75) is 123 Å². The van der Waals surface area contributed by atoms with Gasteiger partial charge in [-0.05, 0) is 77.7 Å². The second-order valence-electron chi connectivity index (χ2n) is 10.4. The predicted octanol–water partition coefficient (Wildman–Crippen LogP) is 8.16. The Morgan fingerprint density at radius 2 is 1.32 bits per heavy atom. The van der Waals surface area contributed by atoms with Crippen molar-refractivity contribution in [1.29, 1.82) is 0 Å². The van der Waals surface area contributed by atoms with Crippen LogP contribution < -0.4 is 5.73 Å². The van der Waals surface area contributed by atoms with Crippen molar-refractivity contribution in [2.75, 3.05) is 39.1 Å². The second kappa shape index (κ2) is 20.6. The number of rotatable bonds is 23. The lowest BCUT2D eigenvalue weighted by Gasteiger charge is -2.25. The molecule has 0 aliphatic carbocycles. The molecule has 2 nitrogen and oxygen atoms in total. The van der Waals surface area contributed by atoms with Crippen molar-refractivity contribution >= 4 is 13.2 Å². The monoisotopic (exact) mass is 454 g/mol. The molecule has 31 heavy (non-hydrogen) atoms. The van der Waals surface area contributed by atoms with E-state index in [9.17, 15) is 0 Å². The van der Waals surface area contributed by atoms with Gasteiger partial charge in [-0.1, -0.05) is 90.2 Å². The van der Waals surface area contributed by atoms with Crippen LogP contribution in [0.3, 0.4) is 0 Å². The van der Waals surface area contributed by atoms with Gasteiger partial charge in [0.1, 0.15) is 0 Å². The Balaban J connectivity index is 3.68. The highest BCUT2D eigenvalue weighted by atomic mass is 31.2. The number of allylic oxidation sites excluding steroid dienone is 1. The highest BCUT2D eigenvalue weighted by Crippen LogP contribution is 2.46. The maximum absolute atomic E-state index is 6.46. The van der Waals surface area contributed by atoms with Gasteiger partial charge in [-0.3, -0.25) is 0 Å². The minimum absolute atomic E-state index is 0.329. The zero-order chi connectivity index (χ0) is 23.4. The molecule has 0 aromatic carbocycles. The third-order valence-electron chi connectivity index (χ3n) is 6.89. The van der Waals surface area contributed by atoms with Crippen molar-refractivity contribution in [3.8, 4) is 0 Å². The van der Waals surface area contributed by atoms with Gasteiger partial charge in [0, 0.05) is 6.04 Å². The van der Waals surface area contributed by atoms with Crippen molar-refractivity contribution < 1.29 is 0 Å². The Morgan fingerprint density at radius 3 is 1.84 bits per heavy atom. The molecule has 186 valence electrons. The third kappa shape index (κ3) is 20.3. The largest absolute Gasteiger partial charge is 0.328 e. The average molecular weight is 455 g/mol. The molecule has 2 atom stereocenters. The Labute approximate surface area is 197 Å². The maximum Gasteiger partial charge on any atom is 0.00452 e. The van der Waals surface area contributed by atoms with Gasteiger partial charge in [-0.25, -0.2) is 0 Å². The molecule has 0 bridgehead atoms. The van der Waals surface area contributed by atoms with Crippen LogP contribution >= 0.6 is 6.89 Å². The molecule has 0 heterocycles. The summed E-state index contributed by atoms with van der Waals surface area (Å²) in [6.07, 6.45) is 29.9. The lowest BCUT2D eigenvalue weighted by atomic mass is 10.00. The first-order valence-corrected chi connectivity index (χ1v) is 16.1. The van der Waals surface area contributed by atoms with E-state index in [4.69, 9.17) is 5.73 Å². The molecule has 0 saturated carbocycles. The summed E-state index contributed by atoms with van der Waals surface area (Å²) in [5, 5.41) is 0. The van der Waals surface area contributed by atoms with E-state index in [1.807, 2.05) is 0 Å². The molecular formula is C28H59N2P. The summed E-state index contributed by atoms with van der Waals surface area (Å²) in [6.45, 7) is 9.10. The van der Waals surface area contributed by atoms with Crippen LogP contribution in [-0.2, 0) is 0 Å². The van der Waals surface area contributed by atoms with E-state index < -0.39 is 6.89 Å². The highest BCUT2D eigenvalue weighted by molar-refractivity contribution is 7.73. The van der Waals surface area contributed by atoms with Crippen molar-refractivity contribution in [2.24, 2.45) is 5.73 Å². The highest BCUT2D eigenvalue weighted by Gasteiger charge is 2.14. The zero-order valence-electron chi connectivity index (χ0n) is 22.1. The minimum atomic E-state index is -1.03. The van der Waals surface area contributed by atoms with E-state index >= 15 is 0 Å². The van der Waals surface area contributed by atoms with Gasteiger partial charge >= 0.3 is 0 Å². The van der Waals surface area contributed by atoms with E-state index in [0.29, 0.717) is 6.04 Å². The van der Waals surface area contributed by atoms with Crippen LogP contribution in [0, 0.1) is 0 Å². The third-order valence-corrected chi connectivity index (χ3v) is 10.7. The van der Waals surface area contributed by atoms with Crippen LogP contribution in [0.4, 0.5) is 0 Å². The summed E-state index contributed by atoms with van der Waals surface area (Å²) in [5.41, 5.74) is 7.88. The number of unbranched alkanes of at least 4 members (excludes halogenated alkanes) is 10. The molecule has 2 N–H and O–H groups in total. The first-order chi connectivity index (χ1) is 14.8. The second-order valence-corrected chi connectivity index (χ2v) is 14.6. The van der Waals surface area contributed by atoms with Crippen molar-refractivity contribution in [1.82, 2.24) is 4.90 Å². The topological polar surface area (TPSA) is 29.3 Å². The van der Waals surface area contributed by atoms with Crippen LogP contribution in [0.2, 0.25) is 0 Å². The van der Waals surface area contributed by atoms with Crippen molar-refractivity contribution in [3.05, 3.63) is 12.2 Å². The summed E-state index contributed by atoms with van der Waals surface area (Å²) in [6, 6.07) is 0.329.